The van der Waals surface area contributed by atoms with Gasteiger partial charge in [0.15, 0.2) is 5.78 Å². The molecule has 0 amide bonds. The van der Waals surface area contributed by atoms with Crippen LogP contribution in [-0.4, -0.2) is 35.8 Å². The van der Waals surface area contributed by atoms with Crippen molar-refractivity contribution >= 4 is 5.78 Å². The molecule has 1 aromatic heterocycles. The number of hydrogen-bond acceptors (Lipinski definition) is 3. The van der Waals surface area contributed by atoms with Crippen LogP contribution in [0, 0.1) is 17.7 Å². The number of nitrogens with zero attached hydrogens (tertiary/aromatic N) is 2. The standard InChI is InChI=1S/C14H19FN2O/c1-10(8-17(2)9-11-3-4-11)14(18)13-6-5-12(15)7-16-13/h5-7,10-11H,3-4,8-9H2,1-2H3. The molecule has 1 heterocycles. The molecule has 1 saturated carbocycles. The molecule has 0 spiro atoms. The van der Waals surface area contributed by atoms with Gasteiger partial charge in [0.1, 0.15) is 11.5 Å². The average Bonchev–Trinajstić information content (AvgIpc) is 3.12. The predicted octanol–water partition coefficient (Wildman–Crippen LogP) is 2.38. The van der Waals surface area contributed by atoms with Gasteiger partial charge in [-0.2, -0.15) is 0 Å². The third-order valence-corrected chi connectivity index (χ3v) is 3.28. The molecule has 0 bridgehead atoms. The lowest BCUT2D eigenvalue weighted by molar-refractivity contribution is 0.0896. The van der Waals surface area contributed by atoms with E-state index in [1.807, 2.05) is 14.0 Å². The maximum absolute atomic E-state index is 12.7. The van der Waals surface area contributed by atoms with E-state index in [-0.39, 0.29) is 11.7 Å². The Balaban J connectivity index is 1.88. The topological polar surface area (TPSA) is 33.2 Å². The SMILES string of the molecule is CC(CN(C)CC1CC1)C(=O)c1ccc(F)cn1. The van der Waals surface area contributed by atoms with Gasteiger partial charge < -0.3 is 4.90 Å². The molecule has 3 nitrogen and oxygen atoms in total. The second-order valence-corrected chi connectivity index (χ2v) is 5.29. The number of carbonyl (C=O) groups excluding carboxylic acids is 1. The van der Waals surface area contributed by atoms with Crippen molar-refractivity contribution in [1.29, 1.82) is 0 Å². The molecule has 0 N–H and O–H groups in total. The number of hydrogen-bond donors (Lipinski definition) is 0. The molecule has 1 fully saturated rings. The van der Waals surface area contributed by atoms with Gasteiger partial charge in [-0.15, -0.1) is 0 Å². The normalized spacial score (nSPS) is 16.9. The Labute approximate surface area is 107 Å². The maximum atomic E-state index is 12.7. The zero-order chi connectivity index (χ0) is 13.1. The summed E-state index contributed by atoms with van der Waals surface area (Å²) in [5, 5.41) is 0. The highest BCUT2D eigenvalue weighted by molar-refractivity contribution is 5.95. The van der Waals surface area contributed by atoms with E-state index in [0.29, 0.717) is 5.69 Å². The summed E-state index contributed by atoms with van der Waals surface area (Å²) >= 11 is 0. The molecule has 2 rings (SSSR count). The van der Waals surface area contributed by atoms with Crippen molar-refractivity contribution in [3.8, 4) is 0 Å². The van der Waals surface area contributed by atoms with E-state index >= 15 is 0 Å². The number of carbonyl (C=O) groups is 1. The van der Waals surface area contributed by atoms with Crippen LogP contribution in [0.2, 0.25) is 0 Å². The highest BCUT2D eigenvalue weighted by Crippen LogP contribution is 2.29. The summed E-state index contributed by atoms with van der Waals surface area (Å²) in [7, 11) is 2.04. The molecule has 98 valence electrons. The van der Waals surface area contributed by atoms with Crippen LogP contribution in [0.4, 0.5) is 4.39 Å². The molecule has 4 heteroatoms. The maximum Gasteiger partial charge on any atom is 0.185 e. The summed E-state index contributed by atoms with van der Waals surface area (Å²) in [6, 6.07) is 2.73. The minimum absolute atomic E-state index is 0.0161. The molecule has 0 aliphatic heterocycles. The molecule has 1 aromatic rings. The largest absolute Gasteiger partial charge is 0.305 e. The van der Waals surface area contributed by atoms with E-state index in [4.69, 9.17) is 0 Å². The van der Waals surface area contributed by atoms with Gasteiger partial charge in [-0.1, -0.05) is 6.92 Å². The summed E-state index contributed by atoms with van der Waals surface area (Å²) in [5.41, 5.74) is 0.351. The summed E-state index contributed by atoms with van der Waals surface area (Å²) < 4.78 is 12.7. The lowest BCUT2D eigenvalue weighted by atomic mass is 10.0. The molecule has 18 heavy (non-hydrogen) atoms. The van der Waals surface area contributed by atoms with Gasteiger partial charge in [0.2, 0.25) is 0 Å². The van der Waals surface area contributed by atoms with Crippen molar-refractivity contribution in [2.24, 2.45) is 11.8 Å². The number of pyridine rings is 1. The van der Waals surface area contributed by atoms with Crippen LogP contribution in [0.5, 0.6) is 0 Å². The first-order chi connectivity index (χ1) is 8.56. The lowest BCUT2D eigenvalue weighted by Gasteiger charge is -2.20. The molecule has 1 atom stereocenters. The van der Waals surface area contributed by atoms with Crippen LogP contribution in [0.1, 0.15) is 30.3 Å². The molecule has 0 aromatic carbocycles. The summed E-state index contributed by atoms with van der Waals surface area (Å²) in [6.07, 6.45) is 3.71. The van der Waals surface area contributed by atoms with E-state index in [0.717, 1.165) is 25.2 Å². The highest BCUT2D eigenvalue weighted by atomic mass is 19.1. The van der Waals surface area contributed by atoms with Gasteiger partial charge in [0, 0.05) is 19.0 Å². The van der Waals surface area contributed by atoms with Crippen LogP contribution < -0.4 is 0 Å². The van der Waals surface area contributed by atoms with Crippen molar-refractivity contribution in [3.05, 3.63) is 29.8 Å². The molecule has 0 saturated heterocycles. The first-order valence-electron chi connectivity index (χ1n) is 6.40. The smallest absolute Gasteiger partial charge is 0.185 e. The third kappa shape index (κ3) is 3.60. The van der Waals surface area contributed by atoms with E-state index in [9.17, 15) is 9.18 Å². The Morgan fingerprint density at radius 3 is 2.83 bits per heavy atom. The van der Waals surface area contributed by atoms with Crippen LogP contribution in [0.25, 0.3) is 0 Å². The first kappa shape index (κ1) is 13.1. The Hall–Kier alpha value is -1.29. The van der Waals surface area contributed by atoms with Gasteiger partial charge in [0.25, 0.3) is 0 Å². The van der Waals surface area contributed by atoms with E-state index < -0.39 is 5.82 Å². The number of aromatic nitrogens is 1. The van der Waals surface area contributed by atoms with Crippen LogP contribution >= 0.6 is 0 Å². The first-order valence-corrected chi connectivity index (χ1v) is 6.40. The van der Waals surface area contributed by atoms with Crippen molar-refractivity contribution in [1.82, 2.24) is 9.88 Å². The van der Waals surface area contributed by atoms with Crippen molar-refractivity contribution in [3.63, 3.8) is 0 Å². The fourth-order valence-corrected chi connectivity index (χ4v) is 2.14. The Bertz CT molecular complexity index is 414. The number of ketones is 1. The number of halogens is 1. The zero-order valence-corrected chi connectivity index (χ0v) is 10.9. The lowest BCUT2D eigenvalue weighted by Crippen LogP contribution is -2.30. The van der Waals surface area contributed by atoms with Gasteiger partial charge in [-0.3, -0.25) is 9.78 Å². The zero-order valence-electron chi connectivity index (χ0n) is 10.9. The van der Waals surface area contributed by atoms with Gasteiger partial charge in [0.05, 0.1) is 6.20 Å². The molecular formula is C14H19FN2O. The average molecular weight is 250 g/mol. The quantitative estimate of drug-likeness (QED) is 0.727. The Morgan fingerprint density at radius 2 is 2.28 bits per heavy atom. The van der Waals surface area contributed by atoms with Gasteiger partial charge in [-0.05, 0) is 37.9 Å². The third-order valence-electron chi connectivity index (χ3n) is 3.28. The summed E-state index contributed by atoms with van der Waals surface area (Å²) in [6.45, 7) is 3.69. The number of rotatable bonds is 6. The van der Waals surface area contributed by atoms with E-state index in [1.165, 1.54) is 25.0 Å². The monoisotopic (exact) mass is 250 g/mol. The molecule has 0 radical (unpaired) electrons. The molecule has 1 unspecified atom stereocenters. The van der Waals surface area contributed by atoms with Crippen LogP contribution in [-0.2, 0) is 0 Å². The minimum Gasteiger partial charge on any atom is -0.305 e. The van der Waals surface area contributed by atoms with Gasteiger partial charge in [-0.25, -0.2) is 4.39 Å². The highest BCUT2D eigenvalue weighted by Gasteiger charge is 2.25. The van der Waals surface area contributed by atoms with E-state index in [1.54, 1.807) is 0 Å². The second-order valence-electron chi connectivity index (χ2n) is 5.29. The Kier molecular flexibility index (Phi) is 4.07. The van der Waals surface area contributed by atoms with E-state index in [2.05, 4.69) is 9.88 Å². The fourth-order valence-electron chi connectivity index (χ4n) is 2.14. The fraction of sp³-hybridized carbons (Fsp3) is 0.571. The minimum atomic E-state index is -0.412. The van der Waals surface area contributed by atoms with Crippen LogP contribution in [0.15, 0.2) is 18.3 Å². The molecule has 1 aliphatic carbocycles. The predicted molar refractivity (Wildman–Crippen MR) is 67.9 cm³/mol. The van der Waals surface area contributed by atoms with Crippen molar-refractivity contribution < 1.29 is 9.18 Å². The van der Waals surface area contributed by atoms with Crippen LogP contribution in [0.3, 0.4) is 0 Å². The summed E-state index contributed by atoms with van der Waals surface area (Å²) in [5.74, 6) is 0.288. The number of Topliss-reactive ketones (excluding diaryl/α,β-unsaturated/α-hetero) is 1. The van der Waals surface area contributed by atoms with Gasteiger partial charge >= 0.3 is 0 Å². The summed E-state index contributed by atoms with van der Waals surface area (Å²) in [4.78, 5) is 18.1. The second kappa shape index (κ2) is 5.57. The van der Waals surface area contributed by atoms with Crippen molar-refractivity contribution in [2.45, 2.75) is 19.8 Å². The van der Waals surface area contributed by atoms with Crippen molar-refractivity contribution in [2.75, 3.05) is 20.1 Å². The molecule has 1 aliphatic rings. The Morgan fingerprint density at radius 1 is 1.56 bits per heavy atom. The molecular weight excluding hydrogens is 231 g/mol.